The van der Waals surface area contributed by atoms with Crippen molar-refractivity contribution in [3.8, 4) is 0 Å². The van der Waals surface area contributed by atoms with Gasteiger partial charge >= 0.3 is 12.1 Å². The number of aromatic carboxylic acids is 1. The first kappa shape index (κ1) is 13.6. The third-order valence-corrected chi connectivity index (χ3v) is 4.45. The number of ether oxygens (including phenoxy) is 1. The van der Waals surface area contributed by atoms with Gasteiger partial charge in [-0.2, -0.15) is 0 Å². The number of thiophene rings is 1. The Morgan fingerprint density at radius 1 is 1.62 bits per heavy atom. The summed E-state index contributed by atoms with van der Waals surface area (Å²) in [5.41, 5.74) is 0.0834. The lowest BCUT2D eigenvalue weighted by molar-refractivity contribution is 0.0701. The fourth-order valence-electron chi connectivity index (χ4n) is 2.25. The smallest absolute Gasteiger partial charge is 0.407 e. The van der Waals surface area contributed by atoms with Crippen LogP contribution in [0.1, 0.15) is 15.2 Å². The number of carbonyl (C=O) groups is 2. The molecular weight excluding hydrogens is 298 g/mol. The van der Waals surface area contributed by atoms with E-state index in [1.807, 2.05) is 0 Å². The molecule has 3 rings (SSSR count). The first-order valence-electron chi connectivity index (χ1n) is 6.13. The molecule has 0 saturated carbocycles. The largest absolute Gasteiger partial charge is 0.477 e. The SMILES string of the molecule is Cc1c(C(=O)O)sc2ncn(CC3CNC(=O)O3)c(=O)c12. The van der Waals surface area contributed by atoms with Gasteiger partial charge in [-0.1, -0.05) is 0 Å². The predicted molar refractivity (Wildman–Crippen MR) is 73.8 cm³/mol. The molecule has 1 unspecified atom stereocenters. The number of nitrogens with zero attached hydrogens (tertiary/aromatic N) is 2. The molecule has 0 bridgehead atoms. The molecule has 0 radical (unpaired) electrons. The molecule has 1 saturated heterocycles. The molecule has 0 aliphatic carbocycles. The maximum atomic E-state index is 12.4. The van der Waals surface area contributed by atoms with Gasteiger partial charge in [0.2, 0.25) is 0 Å². The van der Waals surface area contributed by atoms with E-state index in [0.717, 1.165) is 11.3 Å². The highest BCUT2D eigenvalue weighted by atomic mass is 32.1. The fourth-order valence-corrected chi connectivity index (χ4v) is 3.22. The number of carbonyl (C=O) groups excluding carboxylic acids is 1. The molecule has 8 nitrogen and oxygen atoms in total. The Bertz CT molecular complexity index is 809. The Labute approximate surface area is 122 Å². The van der Waals surface area contributed by atoms with Crippen molar-refractivity contribution in [1.29, 1.82) is 0 Å². The van der Waals surface area contributed by atoms with E-state index in [-0.39, 0.29) is 17.0 Å². The molecule has 110 valence electrons. The summed E-state index contributed by atoms with van der Waals surface area (Å²) in [6.45, 7) is 2.09. The zero-order chi connectivity index (χ0) is 15.1. The molecule has 0 spiro atoms. The van der Waals surface area contributed by atoms with Crippen molar-refractivity contribution >= 4 is 33.6 Å². The highest BCUT2D eigenvalue weighted by Crippen LogP contribution is 2.26. The summed E-state index contributed by atoms with van der Waals surface area (Å²) in [5.74, 6) is -1.07. The third kappa shape index (κ3) is 2.25. The number of aryl methyl sites for hydroxylation is 1. The van der Waals surface area contributed by atoms with E-state index in [4.69, 9.17) is 9.84 Å². The van der Waals surface area contributed by atoms with Crippen LogP contribution in [0.25, 0.3) is 10.2 Å². The molecule has 0 aromatic carbocycles. The van der Waals surface area contributed by atoms with E-state index in [2.05, 4.69) is 10.3 Å². The molecule has 21 heavy (non-hydrogen) atoms. The molecule has 1 amide bonds. The van der Waals surface area contributed by atoms with Crippen molar-refractivity contribution in [3.05, 3.63) is 27.1 Å². The average Bonchev–Trinajstić information content (AvgIpc) is 2.97. The van der Waals surface area contributed by atoms with Crippen LogP contribution in [0.3, 0.4) is 0 Å². The molecule has 3 heterocycles. The van der Waals surface area contributed by atoms with Crippen LogP contribution in [-0.4, -0.2) is 39.4 Å². The van der Waals surface area contributed by atoms with Crippen LogP contribution in [0.15, 0.2) is 11.1 Å². The van der Waals surface area contributed by atoms with E-state index in [1.54, 1.807) is 6.92 Å². The van der Waals surface area contributed by atoms with Crippen molar-refractivity contribution in [2.75, 3.05) is 6.54 Å². The Kier molecular flexibility index (Phi) is 3.13. The highest BCUT2D eigenvalue weighted by Gasteiger charge is 2.24. The number of alkyl carbamates (subject to hydrolysis) is 1. The standard InChI is InChI=1S/C12H11N3O5S/c1-5-7-9(21-8(5)11(17)18)14-4-15(10(7)16)3-6-2-13-12(19)20-6/h4,6H,2-3H2,1H3,(H,13,19)(H,17,18). The molecule has 1 fully saturated rings. The summed E-state index contributed by atoms with van der Waals surface area (Å²) in [5, 5.41) is 11.9. The number of amides is 1. The van der Waals surface area contributed by atoms with Crippen LogP contribution in [-0.2, 0) is 11.3 Å². The zero-order valence-corrected chi connectivity index (χ0v) is 11.8. The monoisotopic (exact) mass is 309 g/mol. The second-order valence-corrected chi connectivity index (χ2v) is 5.65. The Hall–Kier alpha value is -2.42. The van der Waals surface area contributed by atoms with Gasteiger partial charge in [-0.25, -0.2) is 14.6 Å². The Morgan fingerprint density at radius 3 is 3.00 bits per heavy atom. The van der Waals surface area contributed by atoms with Crippen molar-refractivity contribution < 1.29 is 19.4 Å². The molecule has 1 aliphatic heterocycles. The first-order valence-corrected chi connectivity index (χ1v) is 6.95. The van der Waals surface area contributed by atoms with Crippen LogP contribution in [0, 0.1) is 6.92 Å². The van der Waals surface area contributed by atoms with Crippen LogP contribution in [0.5, 0.6) is 0 Å². The molecule has 2 aromatic rings. The number of hydrogen-bond acceptors (Lipinski definition) is 6. The number of aromatic nitrogens is 2. The lowest BCUT2D eigenvalue weighted by Gasteiger charge is -2.09. The van der Waals surface area contributed by atoms with Gasteiger partial charge in [0.05, 0.1) is 24.8 Å². The van der Waals surface area contributed by atoms with Gasteiger partial charge in [0.1, 0.15) is 15.8 Å². The van der Waals surface area contributed by atoms with E-state index >= 15 is 0 Å². The van der Waals surface area contributed by atoms with Crippen LogP contribution in [0.2, 0.25) is 0 Å². The van der Waals surface area contributed by atoms with Gasteiger partial charge in [0.25, 0.3) is 5.56 Å². The number of fused-ring (bicyclic) bond motifs is 1. The number of cyclic esters (lactones) is 1. The minimum Gasteiger partial charge on any atom is -0.477 e. The summed E-state index contributed by atoms with van der Waals surface area (Å²) in [6, 6.07) is 0. The van der Waals surface area contributed by atoms with E-state index in [1.165, 1.54) is 10.9 Å². The average molecular weight is 309 g/mol. The van der Waals surface area contributed by atoms with Crippen molar-refractivity contribution in [2.45, 2.75) is 19.6 Å². The minimum absolute atomic E-state index is 0.112. The summed E-state index contributed by atoms with van der Waals surface area (Å²) >= 11 is 0.976. The molecule has 2 N–H and O–H groups in total. The van der Waals surface area contributed by atoms with E-state index < -0.39 is 18.2 Å². The van der Waals surface area contributed by atoms with Gasteiger partial charge in [-0.15, -0.1) is 11.3 Å². The topological polar surface area (TPSA) is 111 Å². The molecule has 2 aromatic heterocycles. The van der Waals surface area contributed by atoms with Crippen LogP contribution >= 0.6 is 11.3 Å². The fraction of sp³-hybridized carbons (Fsp3) is 0.333. The zero-order valence-electron chi connectivity index (χ0n) is 11.0. The Balaban J connectivity index is 2.03. The lowest BCUT2D eigenvalue weighted by atomic mass is 10.2. The molecule has 1 aliphatic rings. The first-order chi connectivity index (χ1) is 9.97. The van der Waals surface area contributed by atoms with Gasteiger partial charge in [0.15, 0.2) is 0 Å². The quantitative estimate of drug-likeness (QED) is 0.857. The van der Waals surface area contributed by atoms with Crippen molar-refractivity contribution in [1.82, 2.24) is 14.9 Å². The number of carboxylic acid groups (broad SMARTS) is 1. The van der Waals surface area contributed by atoms with E-state index in [0.29, 0.717) is 22.3 Å². The van der Waals surface area contributed by atoms with Crippen molar-refractivity contribution in [3.63, 3.8) is 0 Å². The lowest BCUT2D eigenvalue weighted by Crippen LogP contribution is -2.28. The number of rotatable bonds is 3. The Morgan fingerprint density at radius 2 is 2.38 bits per heavy atom. The number of hydrogen-bond donors (Lipinski definition) is 2. The molecule has 9 heteroatoms. The minimum atomic E-state index is -1.07. The summed E-state index contributed by atoms with van der Waals surface area (Å²) in [6.07, 6.45) is 0.396. The van der Waals surface area contributed by atoms with Crippen molar-refractivity contribution in [2.24, 2.45) is 0 Å². The highest BCUT2D eigenvalue weighted by molar-refractivity contribution is 7.20. The summed E-state index contributed by atoms with van der Waals surface area (Å²) < 4.78 is 6.31. The van der Waals surface area contributed by atoms with Crippen LogP contribution < -0.4 is 10.9 Å². The number of carboxylic acids is 1. The van der Waals surface area contributed by atoms with Gasteiger partial charge in [-0.3, -0.25) is 9.36 Å². The van der Waals surface area contributed by atoms with E-state index in [9.17, 15) is 14.4 Å². The summed E-state index contributed by atoms with van der Waals surface area (Å²) in [7, 11) is 0. The summed E-state index contributed by atoms with van der Waals surface area (Å²) in [4.78, 5) is 39.1. The molecular formula is C12H11N3O5S. The second-order valence-electron chi connectivity index (χ2n) is 4.65. The van der Waals surface area contributed by atoms with Gasteiger partial charge in [-0.05, 0) is 12.5 Å². The predicted octanol–water partition coefficient (Wildman–Crippen LogP) is 0.573. The molecule has 1 atom stereocenters. The second kappa shape index (κ2) is 4.85. The normalized spacial score (nSPS) is 17.8. The van der Waals surface area contributed by atoms with Gasteiger partial charge in [0, 0.05) is 0 Å². The maximum Gasteiger partial charge on any atom is 0.407 e. The number of nitrogens with one attached hydrogen (secondary N) is 1. The maximum absolute atomic E-state index is 12.4. The van der Waals surface area contributed by atoms with Crippen LogP contribution in [0.4, 0.5) is 4.79 Å². The third-order valence-electron chi connectivity index (χ3n) is 3.26. The van der Waals surface area contributed by atoms with Gasteiger partial charge < -0.3 is 15.2 Å².